The van der Waals surface area contributed by atoms with E-state index in [-0.39, 0.29) is 19.1 Å². The molecule has 13 heavy (non-hydrogen) atoms. The minimum atomic E-state index is -0.658. The minimum absolute atomic E-state index is 0.0450. The molecule has 0 aliphatic carbocycles. The molecule has 1 saturated heterocycles. The van der Waals surface area contributed by atoms with Crippen molar-refractivity contribution in [1.82, 2.24) is 4.67 Å². The van der Waals surface area contributed by atoms with Crippen LogP contribution in [0.4, 0.5) is 0 Å². The van der Waals surface area contributed by atoms with Crippen LogP contribution in [0, 0.1) is 0 Å². The van der Waals surface area contributed by atoms with E-state index < -0.39 is 12.1 Å². The van der Waals surface area contributed by atoms with Crippen LogP contribution in [0.1, 0.15) is 6.42 Å². The Morgan fingerprint density at radius 3 is 3.08 bits per heavy atom. The average Bonchev–Trinajstić information content (AvgIpc) is 2.28. The van der Waals surface area contributed by atoms with Gasteiger partial charge in [0.25, 0.3) is 0 Å². The largest absolute Gasteiger partial charge is 0.467 e. The van der Waals surface area contributed by atoms with E-state index in [2.05, 4.69) is 14.1 Å². The molecule has 1 unspecified atom stereocenters. The second-order valence-electron chi connectivity index (χ2n) is 2.68. The number of hydrogen-bond acceptors (Lipinski definition) is 4. The molecule has 0 radical (unpaired) electrons. The van der Waals surface area contributed by atoms with Crippen LogP contribution in [-0.4, -0.2) is 42.9 Å². The van der Waals surface area contributed by atoms with Crippen LogP contribution >= 0.6 is 9.39 Å². The molecule has 1 aliphatic rings. The molecule has 1 amide bonds. The zero-order valence-corrected chi connectivity index (χ0v) is 8.51. The number of nitrogens with zero attached hydrogens (tertiary/aromatic N) is 1. The number of methoxy groups -OCH3 is 1. The highest BCUT2D eigenvalue weighted by molar-refractivity contribution is 7.14. The van der Waals surface area contributed by atoms with Crippen molar-refractivity contribution in [1.29, 1.82) is 0 Å². The van der Waals surface area contributed by atoms with Crippen LogP contribution in [0.2, 0.25) is 0 Å². The van der Waals surface area contributed by atoms with Crippen molar-refractivity contribution in [3.63, 3.8) is 0 Å². The normalized spacial score (nSPS) is 24.0. The molecule has 1 fully saturated rings. The summed E-state index contributed by atoms with van der Waals surface area (Å²) in [6.45, 7) is 0.500. The van der Waals surface area contributed by atoms with Crippen LogP contribution in [-0.2, 0) is 19.1 Å². The lowest BCUT2D eigenvalue weighted by Gasteiger charge is -2.17. The summed E-state index contributed by atoms with van der Waals surface area (Å²) in [5, 5.41) is 0. The highest BCUT2D eigenvalue weighted by atomic mass is 31.0. The lowest BCUT2D eigenvalue weighted by atomic mass is 10.3. The first-order valence-corrected chi connectivity index (χ1v) is 4.41. The summed E-state index contributed by atoms with van der Waals surface area (Å²) in [5.41, 5.74) is 0. The summed E-state index contributed by atoms with van der Waals surface area (Å²) in [5.74, 6) is -0.487. The molecule has 0 bridgehead atoms. The fourth-order valence-electron chi connectivity index (χ4n) is 1.04. The van der Waals surface area contributed by atoms with Crippen LogP contribution < -0.4 is 0 Å². The van der Waals surface area contributed by atoms with Crippen molar-refractivity contribution in [2.45, 2.75) is 12.5 Å². The second kappa shape index (κ2) is 4.53. The number of rotatable bonds is 1. The van der Waals surface area contributed by atoms with E-state index >= 15 is 0 Å². The maximum absolute atomic E-state index is 11.1. The Balaban J connectivity index is 2.58. The number of hydrogen-bond donors (Lipinski definition) is 0. The van der Waals surface area contributed by atoms with E-state index in [1.54, 1.807) is 0 Å². The third-order valence-electron chi connectivity index (χ3n) is 1.78. The SMILES string of the molecule is COC(=O)[C@@H]1CN(P)C(=O)CCO1. The van der Waals surface area contributed by atoms with E-state index in [1.165, 1.54) is 11.8 Å². The maximum atomic E-state index is 11.1. The Bertz CT molecular complexity index is 221. The van der Waals surface area contributed by atoms with Gasteiger partial charge < -0.3 is 14.1 Å². The molecule has 1 heterocycles. The summed E-state index contributed by atoms with van der Waals surface area (Å²) in [7, 11) is 3.56. The van der Waals surface area contributed by atoms with Crippen molar-refractivity contribution in [2.24, 2.45) is 0 Å². The van der Waals surface area contributed by atoms with Gasteiger partial charge in [0.1, 0.15) is 0 Å². The first kappa shape index (κ1) is 10.4. The lowest BCUT2D eigenvalue weighted by Crippen LogP contribution is -2.34. The van der Waals surface area contributed by atoms with Gasteiger partial charge in [0, 0.05) is 0 Å². The first-order valence-electron chi connectivity index (χ1n) is 3.89. The smallest absolute Gasteiger partial charge is 0.336 e. The number of carbonyl (C=O) groups excluding carboxylic acids is 2. The molecule has 2 atom stereocenters. The number of esters is 1. The van der Waals surface area contributed by atoms with Crippen molar-refractivity contribution in [3.8, 4) is 0 Å². The molecule has 0 aromatic rings. The monoisotopic (exact) mass is 205 g/mol. The minimum Gasteiger partial charge on any atom is -0.467 e. The second-order valence-corrected chi connectivity index (χ2v) is 3.30. The van der Waals surface area contributed by atoms with Gasteiger partial charge in [-0.05, 0) is 9.39 Å². The molecular weight excluding hydrogens is 193 g/mol. The number of ether oxygens (including phenoxy) is 2. The van der Waals surface area contributed by atoms with Gasteiger partial charge in [-0.2, -0.15) is 0 Å². The average molecular weight is 205 g/mol. The van der Waals surface area contributed by atoms with Crippen LogP contribution in [0.25, 0.3) is 0 Å². The molecule has 0 saturated carbocycles. The Kier molecular flexibility index (Phi) is 3.63. The summed E-state index contributed by atoms with van der Waals surface area (Å²) in [4.78, 5) is 22.2. The molecule has 0 aromatic carbocycles. The summed E-state index contributed by atoms with van der Waals surface area (Å²) in [6.07, 6.45) is -0.356. The zero-order valence-electron chi connectivity index (χ0n) is 7.36. The van der Waals surface area contributed by atoms with E-state index in [9.17, 15) is 9.59 Å². The standard InChI is InChI=1S/C7H12NO4P/c1-11-7(10)5-4-8(13)6(9)2-3-12-5/h5H,2-4,13H2,1H3/t5-/m0/s1. The Morgan fingerprint density at radius 1 is 1.77 bits per heavy atom. The van der Waals surface area contributed by atoms with Crippen LogP contribution in [0.15, 0.2) is 0 Å². The molecule has 0 aromatic heterocycles. The van der Waals surface area contributed by atoms with Gasteiger partial charge in [0.2, 0.25) is 5.91 Å². The predicted molar refractivity (Wildman–Crippen MR) is 47.8 cm³/mol. The van der Waals surface area contributed by atoms with Gasteiger partial charge in [0.05, 0.1) is 26.7 Å². The lowest BCUT2D eigenvalue weighted by molar-refractivity contribution is -0.153. The zero-order chi connectivity index (χ0) is 9.84. The molecule has 0 N–H and O–H groups in total. The number of carbonyl (C=O) groups is 2. The summed E-state index contributed by atoms with van der Waals surface area (Å²) >= 11 is 0. The first-order chi connectivity index (χ1) is 6.15. The highest BCUT2D eigenvalue weighted by Crippen LogP contribution is 2.11. The van der Waals surface area contributed by atoms with Crippen LogP contribution in [0.5, 0.6) is 0 Å². The Hall–Kier alpha value is -0.670. The quantitative estimate of drug-likeness (QED) is 0.430. The van der Waals surface area contributed by atoms with Gasteiger partial charge in [0.15, 0.2) is 6.10 Å². The Morgan fingerprint density at radius 2 is 2.46 bits per heavy atom. The third kappa shape index (κ3) is 2.64. The number of amides is 1. The van der Waals surface area contributed by atoms with Crippen molar-refractivity contribution in [2.75, 3.05) is 20.3 Å². The van der Waals surface area contributed by atoms with Crippen molar-refractivity contribution >= 4 is 21.3 Å². The van der Waals surface area contributed by atoms with E-state index in [4.69, 9.17) is 4.74 Å². The molecule has 6 heteroatoms. The fraction of sp³-hybridized carbons (Fsp3) is 0.714. The van der Waals surface area contributed by atoms with Gasteiger partial charge in [-0.1, -0.05) is 0 Å². The molecule has 74 valence electrons. The Labute approximate surface area is 78.6 Å². The molecular formula is C7H12NO4P. The summed E-state index contributed by atoms with van der Waals surface area (Å²) in [6, 6.07) is 0. The van der Waals surface area contributed by atoms with E-state index in [1.807, 2.05) is 0 Å². The van der Waals surface area contributed by atoms with Gasteiger partial charge in [-0.3, -0.25) is 4.79 Å². The summed E-state index contributed by atoms with van der Waals surface area (Å²) < 4.78 is 11.1. The topological polar surface area (TPSA) is 55.8 Å². The van der Waals surface area contributed by atoms with Crippen LogP contribution in [0.3, 0.4) is 0 Å². The molecule has 1 rings (SSSR count). The molecule has 5 nitrogen and oxygen atoms in total. The van der Waals surface area contributed by atoms with Crippen molar-refractivity contribution < 1.29 is 19.1 Å². The molecule has 0 spiro atoms. The van der Waals surface area contributed by atoms with Crippen molar-refractivity contribution in [3.05, 3.63) is 0 Å². The van der Waals surface area contributed by atoms with E-state index in [0.29, 0.717) is 6.42 Å². The third-order valence-corrected chi connectivity index (χ3v) is 2.28. The van der Waals surface area contributed by atoms with Gasteiger partial charge in [-0.25, -0.2) is 4.79 Å². The van der Waals surface area contributed by atoms with Gasteiger partial charge in [-0.15, -0.1) is 0 Å². The molecule has 1 aliphatic heterocycles. The van der Waals surface area contributed by atoms with E-state index in [0.717, 1.165) is 0 Å². The van der Waals surface area contributed by atoms with Gasteiger partial charge >= 0.3 is 5.97 Å². The predicted octanol–water partition coefficient (Wildman–Crippen LogP) is -0.433. The highest BCUT2D eigenvalue weighted by Gasteiger charge is 2.27. The fourth-order valence-corrected chi connectivity index (χ4v) is 1.36. The maximum Gasteiger partial charge on any atom is 0.336 e.